The molecule has 0 aliphatic heterocycles. The van der Waals surface area contributed by atoms with Crippen LogP contribution in [0.15, 0.2) is 145 Å². The molecule has 0 N–H and O–H groups in total. The Balaban J connectivity index is 0.000000182. The van der Waals surface area contributed by atoms with Gasteiger partial charge in [-0.3, -0.25) is 0 Å². The van der Waals surface area contributed by atoms with Crippen LogP contribution in [0.25, 0.3) is 34.4 Å². The van der Waals surface area contributed by atoms with Gasteiger partial charge in [0.15, 0.2) is 0 Å². The molecule has 8 saturated carbocycles. The Morgan fingerprint density at radius 2 is 0.757 bits per heavy atom. The quantitative estimate of drug-likeness (QED) is 0.0710. The minimum atomic E-state index is -1.72. The molecule has 10 aliphatic carbocycles. The Morgan fingerprint density at radius 3 is 1.13 bits per heavy atom. The molecule has 6 aromatic rings. The Bertz CT molecular complexity index is 4070. The predicted octanol–water partition coefficient (Wildman–Crippen LogP) is 34.4. The topological polar surface area (TPSA) is 0 Å². The van der Waals surface area contributed by atoms with Crippen LogP contribution < -0.4 is 0 Å². The molecule has 626 valence electrons. The number of halogens is 2. The van der Waals surface area contributed by atoms with Crippen molar-refractivity contribution in [3.63, 3.8) is 0 Å². The first-order valence-corrected chi connectivity index (χ1v) is 58.9. The van der Waals surface area contributed by atoms with Crippen molar-refractivity contribution >= 4 is 46.0 Å². The zero-order chi connectivity index (χ0) is 80.8. The van der Waals surface area contributed by atoms with E-state index < -0.39 is 37.7 Å². The van der Waals surface area contributed by atoms with E-state index in [1.165, 1.54) is 215 Å². The van der Waals surface area contributed by atoms with Crippen molar-refractivity contribution in [3.05, 3.63) is 215 Å². The standard InChI is InChI=1S/C54H84Si.C28H38Si.C26H32.2CH3.2ClH.Zr/c1-51(2,3)41-25-21-37(22-26-41)43-17-15-19-45-47(43)33-39(35-53(7)29-11-12-30-53)49(45)55(9,10)50-40(36-54(8)31-13-14-32-54)34-48-44(18-16-20-46(48)50)38-23-27-42(28-24-38)52(4,5)6;1-27(2,3)22-14-12-20(13-15-22)23-10-9-11-24-25(23)18-21(26(24)29(5)6)19-28(4)16-7-8-17-28;1-25(2,3)22-12-10-20(11-13-22)23-9-7-8-21-16-19(17-24(21)23)18-26(4)14-5-6-15-26;;;;;/h21-28,39-40,43-50H,11-20,29-36H2,1-10H3;9-15,18,26,29H,7-8,16-17,19H2,1-6H3;7-13,17H,5-6,14-16,18H2,1-4H3;2*1H3;2*1H;/q;;;2*-1;;;+4/p-2. The van der Waals surface area contributed by atoms with Crippen LogP contribution >= 0.6 is 17.0 Å². The number of fused-ring (bicyclic) bond motifs is 4. The van der Waals surface area contributed by atoms with Crippen LogP contribution in [0.1, 0.15) is 364 Å². The van der Waals surface area contributed by atoms with Crippen molar-refractivity contribution in [1.29, 1.82) is 0 Å². The molecule has 10 aliphatic rings. The molecule has 0 radical (unpaired) electrons. The van der Waals surface area contributed by atoms with Crippen LogP contribution in [0, 0.1) is 72.0 Å². The van der Waals surface area contributed by atoms with Gasteiger partial charge in [-0.15, -0.1) is 0 Å². The first kappa shape index (κ1) is 92.4. The van der Waals surface area contributed by atoms with Crippen molar-refractivity contribution < 1.29 is 20.8 Å². The number of rotatable bonds is 15. The van der Waals surface area contributed by atoms with Crippen LogP contribution in [0.5, 0.6) is 0 Å². The van der Waals surface area contributed by atoms with Gasteiger partial charge < -0.3 is 14.9 Å². The summed E-state index contributed by atoms with van der Waals surface area (Å²) in [6.45, 7) is 49.7. The van der Waals surface area contributed by atoms with Gasteiger partial charge in [0.1, 0.15) is 0 Å². The summed E-state index contributed by atoms with van der Waals surface area (Å²) < 4.78 is 0. The van der Waals surface area contributed by atoms with Gasteiger partial charge in [-0.1, -0.05) is 371 Å². The third-order valence-corrected chi connectivity index (χ3v) is 39.8. The third kappa shape index (κ3) is 21.1. The van der Waals surface area contributed by atoms with Crippen LogP contribution in [-0.4, -0.2) is 16.9 Å². The van der Waals surface area contributed by atoms with E-state index in [-0.39, 0.29) is 36.5 Å². The number of benzene rings is 6. The SMILES string of the molecule is CC1(CC2=Cc3c(cccc3-c3ccc(C(C)(C)C)cc3)C2)CCCC1.CC1(CC2CC3C(c4ccc(C(C)(C)C)cc4)CCCC3C2[Si](C)(C)C2C(CC3(C)CCCC3)CC3C(c4ccc(C(C)(C)C)cc4)CCCC32)CCCC1.C[SiH](C)C1C(CC2(C)CCCC2)=Cc2c(-c3ccc(C(C)(C)C)cc3)cccc21.[CH3-].[CH3-].[Cl][Zr+2][Cl]. The van der Waals surface area contributed by atoms with Gasteiger partial charge in [-0.25, -0.2) is 0 Å². The summed E-state index contributed by atoms with van der Waals surface area (Å²) >= 11 is -0.826. The van der Waals surface area contributed by atoms with E-state index >= 15 is 0 Å². The van der Waals surface area contributed by atoms with Crippen molar-refractivity contribution in [3.8, 4) is 22.3 Å². The molecule has 115 heavy (non-hydrogen) atoms. The number of hydrogen-bond acceptors (Lipinski definition) is 0. The maximum absolute atomic E-state index is 4.93. The fourth-order valence-corrected chi connectivity index (χ4v) is 35.4. The maximum atomic E-state index is 4.93. The summed E-state index contributed by atoms with van der Waals surface area (Å²) in [7, 11) is 7.33. The second-order valence-electron chi connectivity index (χ2n) is 46.0. The summed E-state index contributed by atoms with van der Waals surface area (Å²) in [5.41, 5.74) is 30.1. The summed E-state index contributed by atoms with van der Waals surface area (Å²) in [5.74, 6) is 7.21. The van der Waals surface area contributed by atoms with Gasteiger partial charge in [0.05, 0.1) is 8.07 Å². The molecule has 0 aromatic heterocycles. The second-order valence-corrected chi connectivity index (χ2v) is 57.9. The van der Waals surface area contributed by atoms with E-state index in [0.717, 1.165) is 70.4 Å². The molecule has 0 nitrogen and oxygen atoms in total. The molecule has 5 heteroatoms. The molecular formula is C110H160Cl2Si2Zr. The summed E-state index contributed by atoms with van der Waals surface area (Å²) in [5, 5.41) is 0. The van der Waals surface area contributed by atoms with Gasteiger partial charge in [-0.05, 0) is 294 Å². The zero-order valence-corrected chi connectivity index (χ0v) is 83.2. The van der Waals surface area contributed by atoms with E-state index in [2.05, 4.69) is 283 Å². The third-order valence-electron chi connectivity index (χ3n) is 32.4. The van der Waals surface area contributed by atoms with E-state index in [9.17, 15) is 0 Å². The molecule has 0 bridgehead atoms. The van der Waals surface area contributed by atoms with Gasteiger partial charge in [0.25, 0.3) is 0 Å². The molecule has 0 saturated heterocycles. The molecule has 0 spiro atoms. The van der Waals surface area contributed by atoms with Gasteiger partial charge in [0.2, 0.25) is 0 Å². The van der Waals surface area contributed by atoms with Crippen molar-refractivity contribution in [2.24, 2.45) is 57.2 Å². The molecule has 11 unspecified atom stereocenters. The molecule has 0 heterocycles. The first-order valence-electron chi connectivity index (χ1n) is 46.4. The van der Waals surface area contributed by atoms with Gasteiger partial charge in [0, 0.05) is 8.80 Å². The predicted molar refractivity (Wildman–Crippen MR) is 510 cm³/mol. The summed E-state index contributed by atoms with van der Waals surface area (Å²) in [6, 6.07) is 52.8. The fourth-order valence-electron chi connectivity index (χ4n) is 26.9. The molecular weight excluding hydrogens is 1540 g/mol. The average Bonchev–Trinajstić information content (AvgIpc) is 1.57. The van der Waals surface area contributed by atoms with Gasteiger partial charge in [-0.2, -0.15) is 0 Å². The normalized spacial score (nSPS) is 26.9. The Kier molecular flexibility index (Phi) is 30.1. The Morgan fingerprint density at radius 1 is 0.409 bits per heavy atom. The summed E-state index contributed by atoms with van der Waals surface area (Å²) in [4.78, 5) is 0. The van der Waals surface area contributed by atoms with E-state index in [1.807, 2.05) is 0 Å². The van der Waals surface area contributed by atoms with Crippen LogP contribution in [0.2, 0.25) is 37.3 Å². The average molecular weight is 1700 g/mol. The fraction of sp³-hybridized carbons (Fsp3) is 0.618. The first-order chi connectivity index (χ1) is 53.4. The van der Waals surface area contributed by atoms with E-state index in [4.69, 9.17) is 17.0 Å². The zero-order valence-electron chi connectivity index (χ0n) is 77.0. The van der Waals surface area contributed by atoms with Crippen LogP contribution in [0.3, 0.4) is 0 Å². The van der Waals surface area contributed by atoms with Crippen molar-refractivity contribution in [1.82, 2.24) is 0 Å². The Labute approximate surface area is 728 Å². The monoisotopic (exact) mass is 1700 g/mol. The van der Waals surface area contributed by atoms with Crippen molar-refractivity contribution in [2.75, 3.05) is 0 Å². The van der Waals surface area contributed by atoms with Gasteiger partial charge >= 0.3 is 37.9 Å². The Hall–Kier alpha value is -3.30. The van der Waals surface area contributed by atoms with E-state index in [0.29, 0.717) is 21.7 Å². The van der Waals surface area contributed by atoms with Crippen LogP contribution in [0.4, 0.5) is 0 Å². The molecule has 0 amide bonds. The van der Waals surface area contributed by atoms with E-state index in [1.54, 1.807) is 53.5 Å². The van der Waals surface area contributed by atoms with Crippen LogP contribution in [-0.2, 0) is 48.9 Å². The molecule has 8 fully saturated rings. The van der Waals surface area contributed by atoms with Crippen molar-refractivity contribution in [2.45, 2.75) is 373 Å². The molecule has 6 aromatic carbocycles. The second kappa shape index (κ2) is 37.4. The number of hydrogen-bond donors (Lipinski definition) is 0. The summed E-state index contributed by atoms with van der Waals surface area (Å²) in [6.07, 6.45) is 47.1. The molecule has 11 atom stereocenters. The molecule has 16 rings (SSSR count). The minimum absolute atomic E-state index is 0. The number of allylic oxidation sites excluding steroid dienone is 2.